The molecule has 6 heteroatoms. The zero-order valence-corrected chi connectivity index (χ0v) is 11.3. The summed E-state index contributed by atoms with van der Waals surface area (Å²) in [6.07, 6.45) is 4.79. The number of hydrogen-bond donors (Lipinski definition) is 0. The molecule has 1 aliphatic rings. The highest BCUT2D eigenvalue weighted by atomic mass is 32.2. The number of nitrogens with zero attached hydrogens (tertiary/aromatic N) is 3. The van der Waals surface area contributed by atoms with Crippen molar-refractivity contribution >= 4 is 15.5 Å². The number of sulfone groups is 1. The number of hydrogen-bond acceptors (Lipinski definition) is 4. The normalized spacial score (nSPS) is 17.3. The molecule has 1 fully saturated rings. The zero-order chi connectivity index (χ0) is 13.7. The number of nitriles is 1. The molecule has 0 amide bonds. The van der Waals surface area contributed by atoms with Gasteiger partial charge in [0.05, 0.1) is 23.4 Å². The fraction of sp³-hybridized carbons (Fsp3) is 0.385. The smallest absolute Gasteiger partial charge is 0.195 e. The quantitative estimate of drug-likeness (QED) is 0.854. The maximum Gasteiger partial charge on any atom is 0.195 e. The van der Waals surface area contributed by atoms with Crippen molar-refractivity contribution in [1.29, 1.82) is 5.26 Å². The molecule has 0 saturated heterocycles. The van der Waals surface area contributed by atoms with Gasteiger partial charge >= 0.3 is 0 Å². The molecule has 5 nitrogen and oxygen atoms in total. The predicted octanol–water partition coefficient (Wildman–Crippen LogP) is 1.68. The minimum atomic E-state index is -3.28. The van der Waals surface area contributed by atoms with Crippen molar-refractivity contribution in [2.24, 2.45) is 0 Å². The first-order chi connectivity index (χ1) is 9.02. The van der Waals surface area contributed by atoms with Gasteiger partial charge in [0.25, 0.3) is 0 Å². The van der Waals surface area contributed by atoms with Gasteiger partial charge in [-0.25, -0.2) is 13.4 Å². The predicted molar refractivity (Wildman–Crippen MR) is 69.4 cm³/mol. The molecule has 0 radical (unpaired) electrons. The average Bonchev–Trinajstić information content (AvgIpc) is 3.10. The third kappa shape index (κ3) is 1.73. The van der Waals surface area contributed by atoms with Crippen molar-refractivity contribution in [1.82, 2.24) is 9.38 Å². The van der Waals surface area contributed by atoms with Crippen LogP contribution in [0.1, 0.15) is 25.3 Å². The Morgan fingerprint density at radius 3 is 2.84 bits per heavy atom. The number of pyridine rings is 1. The highest BCUT2D eigenvalue weighted by molar-refractivity contribution is 7.91. The van der Waals surface area contributed by atoms with Gasteiger partial charge < -0.3 is 0 Å². The van der Waals surface area contributed by atoms with Gasteiger partial charge in [-0.3, -0.25) is 4.40 Å². The standard InChI is InChI=1S/C13H13N3O2S/c1-2-19(17,18)12-8-15-11-7-10(3-6-16(11)12)13(9-14)4-5-13/h3,6-8H,2,4-5H2,1H3. The van der Waals surface area contributed by atoms with Crippen LogP contribution in [0.25, 0.3) is 5.65 Å². The maximum atomic E-state index is 11.9. The summed E-state index contributed by atoms with van der Waals surface area (Å²) in [5.41, 5.74) is 1.12. The van der Waals surface area contributed by atoms with Gasteiger partial charge in [0.2, 0.25) is 0 Å². The molecule has 0 atom stereocenters. The van der Waals surface area contributed by atoms with Crippen molar-refractivity contribution < 1.29 is 8.42 Å². The Balaban J connectivity index is 2.16. The molecule has 1 saturated carbocycles. The van der Waals surface area contributed by atoms with Gasteiger partial charge in [-0.05, 0) is 30.5 Å². The molecule has 0 bridgehead atoms. The minimum absolute atomic E-state index is 0.0463. The van der Waals surface area contributed by atoms with E-state index in [1.807, 2.05) is 12.1 Å². The van der Waals surface area contributed by atoms with E-state index in [1.165, 1.54) is 6.20 Å². The monoisotopic (exact) mass is 275 g/mol. The summed E-state index contributed by atoms with van der Waals surface area (Å²) in [5, 5.41) is 9.39. The number of fused-ring (bicyclic) bond motifs is 1. The van der Waals surface area contributed by atoms with Crippen LogP contribution in [-0.2, 0) is 15.3 Å². The molecule has 0 aromatic carbocycles. The summed E-state index contributed by atoms with van der Waals surface area (Å²) >= 11 is 0. The molecule has 0 aliphatic heterocycles. The van der Waals surface area contributed by atoms with Crippen LogP contribution in [-0.4, -0.2) is 23.6 Å². The van der Waals surface area contributed by atoms with E-state index in [0.29, 0.717) is 5.65 Å². The number of aromatic nitrogens is 2. The SMILES string of the molecule is CCS(=O)(=O)c1cnc2cc(C3(C#N)CC3)ccn12. The van der Waals surface area contributed by atoms with Crippen LogP contribution in [0.2, 0.25) is 0 Å². The molecule has 0 spiro atoms. The first kappa shape index (κ1) is 12.2. The Labute approximate surface area is 111 Å². The Morgan fingerprint density at radius 2 is 2.26 bits per heavy atom. The van der Waals surface area contributed by atoms with Crippen LogP contribution in [0, 0.1) is 11.3 Å². The van der Waals surface area contributed by atoms with E-state index in [-0.39, 0.29) is 16.2 Å². The summed E-state index contributed by atoms with van der Waals surface area (Å²) in [4.78, 5) is 4.14. The van der Waals surface area contributed by atoms with E-state index in [4.69, 9.17) is 0 Å². The van der Waals surface area contributed by atoms with E-state index in [1.54, 1.807) is 17.5 Å². The van der Waals surface area contributed by atoms with Crippen molar-refractivity contribution in [3.05, 3.63) is 30.1 Å². The van der Waals surface area contributed by atoms with Gasteiger partial charge in [0.15, 0.2) is 14.9 Å². The molecule has 0 N–H and O–H groups in total. The number of imidazole rings is 1. The topological polar surface area (TPSA) is 75.2 Å². The fourth-order valence-electron chi connectivity index (χ4n) is 2.22. The second kappa shape index (κ2) is 3.81. The van der Waals surface area contributed by atoms with Crippen LogP contribution < -0.4 is 0 Å². The number of rotatable bonds is 3. The Morgan fingerprint density at radius 1 is 1.53 bits per heavy atom. The van der Waals surface area contributed by atoms with Gasteiger partial charge in [0, 0.05) is 6.20 Å². The molecular weight excluding hydrogens is 262 g/mol. The third-order valence-electron chi connectivity index (χ3n) is 3.69. The zero-order valence-electron chi connectivity index (χ0n) is 10.5. The lowest BCUT2D eigenvalue weighted by Gasteiger charge is -2.07. The van der Waals surface area contributed by atoms with E-state index >= 15 is 0 Å². The van der Waals surface area contributed by atoms with Gasteiger partial charge in [0.1, 0.15) is 5.65 Å². The van der Waals surface area contributed by atoms with E-state index < -0.39 is 9.84 Å². The Kier molecular flexibility index (Phi) is 2.44. The molecule has 2 aromatic rings. The Hall–Kier alpha value is -1.87. The molecule has 2 heterocycles. The van der Waals surface area contributed by atoms with Crippen LogP contribution in [0.15, 0.2) is 29.6 Å². The van der Waals surface area contributed by atoms with E-state index in [9.17, 15) is 13.7 Å². The maximum absolute atomic E-state index is 11.9. The lowest BCUT2D eigenvalue weighted by Crippen LogP contribution is -2.08. The van der Waals surface area contributed by atoms with Crippen molar-refractivity contribution in [2.75, 3.05) is 5.75 Å². The molecular formula is C13H13N3O2S. The highest BCUT2D eigenvalue weighted by Crippen LogP contribution is 2.47. The van der Waals surface area contributed by atoms with Crippen molar-refractivity contribution in [3.8, 4) is 6.07 Å². The van der Waals surface area contributed by atoms with Crippen molar-refractivity contribution in [3.63, 3.8) is 0 Å². The largest absolute Gasteiger partial charge is 0.291 e. The van der Waals surface area contributed by atoms with Crippen LogP contribution >= 0.6 is 0 Å². The van der Waals surface area contributed by atoms with Crippen LogP contribution in [0.5, 0.6) is 0 Å². The lowest BCUT2D eigenvalue weighted by atomic mass is 9.99. The second-order valence-electron chi connectivity index (χ2n) is 4.84. The summed E-state index contributed by atoms with van der Waals surface area (Å²) in [5.74, 6) is 0.0463. The average molecular weight is 275 g/mol. The second-order valence-corrected chi connectivity index (χ2v) is 7.06. The lowest BCUT2D eigenvalue weighted by molar-refractivity contribution is 0.592. The molecule has 1 aliphatic carbocycles. The molecule has 98 valence electrons. The summed E-state index contributed by atoms with van der Waals surface area (Å²) in [6.45, 7) is 1.61. The third-order valence-corrected chi connectivity index (χ3v) is 5.39. The van der Waals surface area contributed by atoms with Crippen molar-refractivity contribution in [2.45, 2.75) is 30.2 Å². The summed E-state index contributed by atoms with van der Waals surface area (Å²) in [6, 6.07) is 5.96. The van der Waals surface area contributed by atoms with Gasteiger partial charge in [-0.15, -0.1) is 0 Å². The minimum Gasteiger partial charge on any atom is -0.291 e. The molecule has 3 rings (SSSR count). The van der Waals surface area contributed by atoms with Gasteiger partial charge in [-0.1, -0.05) is 6.92 Å². The first-order valence-corrected chi connectivity index (χ1v) is 7.79. The van der Waals surface area contributed by atoms with E-state index in [2.05, 4.69) is 11.1 Å². The summed E-state index contributed by atoms with van der Waals surface area (Å²) < 4.78 is 25.4. The molecule has 0 unspecified atom stereocenters. The fourth-order valence-corrected chi connectivity index (χ4v) is 3.19. The molecule has 19 heavy (non-hydrogen) atoms. The van der Waals surface area contributed by atoms with Gasteiger partial charge in [-0.2, -0.15) is 5.26 Å². The Bertz CT molecular complexity index is 795. The van der Waals surface area contributed by atoms with Crippen LogP contribution in [0.3, 0.4) is 0 Å². The highest BCUT2D eigenvalue weighted by Gasteiger charge is 2.45. The van der Waals surface area contributed by atoms with Crippen LogP contribution in [0.4, 0.5) is 0 Å². The molecule has 2 aromatic heterocycles. The van der Waals surface area contributed by atoms with E-state index in [0.717, 1.165) is 18.4 Å². The summed E-state index contributed by atoms with van der Waals surface area (Å²) in [7, 11) is -3.28. The first-order valence-electron chi connectivity index (χ1n) is 6.14.